The number of ether oxygens (including phenoxy) is 1. The van der Waals surface area contributed by atoms with Crippen LogP contribution in [0.15, 0.2) is 0 Å². The first-order valence-electron chi connectivity index (χ1n) is 10.9. The lowest BCUT2D eigenvalue weighted by atomic mass is 9.52. The van der Waals surface area contributed by atoms with Gasteiger partial charge < -0.3 is 4.74 Å². The molecular weight excluding hydrogens is 386 g/mol. The Hall–Kier alpha value is -1.42. The van der Waals surface area contributed by atoms with E-state index >= 15 is 0 Å². The molecule has 0 spiro atoms. The van der Waals surface area contributed by atoms with Crippen molar-refractivity contribution in [2.45, 2.75) is 94.2 Å². The summed E-state index contributed by atoms with van der Waals surface area (Å²) in [6.45, 7) is 13.6. The number of thiol groups is 1. The van der Waals surface area contributed by atoms with Crippen LogP contribution in [0.5, 0.6) is 0 Å². The summed E-state index contributed by atoms with van der Waals surface area (Å²) in [5, 5.41) is 0. The fraction of sp³-hybridized carbons (Fsp3) is 0.864. The molecule has 5 rings (SSSR count). The quantitative estimate of drug-likeness (QED) is 0.553. The van der Waals surface area contributed by atoms with Gasteiger partial charge in [0.1, 0.15) is 12.1 Å². The van der Waals surface area contributed by atoms with Crippen molar-refractivity contribution in [1.29, 1.82) is 0 Å². The van der Waals surface area contributed by atoms with E-state index in [1.807, 2.05) is 20.8 Å². The van der Waals surface area contributed by atoms with Gasteiger partial charge >= 0.3 is 12.3 Å². The highest BCUT2D eigenvalue weighted by Gasteiger charge is 2.60. The molecule has 4 aliphatic carbocycles. The Morgan fingerprint density at radius 1 is 1.24 bits per heavy atom. The second-order valence-electron chi connectivity index (χ2n) is 10.8. The van der Waals surface area contributed by atoms with Crippen molar-refractivity contribution in [2.75, 3.05) is 13.1 Å². The third kappa shape index (κ3) is 3.97. The van der Waals surface area contributed by atoms with Crippen LogP contribution in [0.4, 0.5) is 4.79 Å². The van der Waals surface area contributed by atoms with E-state index in [2.05, 4.69) is 4.85 Å². The summed E-state index contributed by atoms with van der Waals surface area (Å²) in [5.41, 5.74) is -0.969. The number of likely N-dealkylation sites (tertiary alicyclic amines) is 1. The second-order valence-corrected chi connectivity index (χ2v) is 11.8. The van der Waals surface area contributed by atoms with E-state index in [0.717, 1.165) is 44.9 Å². The maximum absolute atomic E-state index is 13.3. The van der Waals surface area contributed by atoms with E-state index in [0.29, 0.717) is 18.4 Å². The second kappa shape index (κ2) is 7.08. The summed E-state index contributed by atoms with van der Waals surface area (Å²) >= 11 is 5.05. The van der Waals surface area contributed by atoms with Gasteiger partial charge in [0, 0.05) is 23.3 Å². The minimum atomic E-state index is -0.619. The van der Waals surface area contributed by atoms with Crippen LogP contribution in [0.25, 0.3) is 4.85 Å². The summed E-state index contributed by atoms with van der Waals surface area (Å²) in [7, 11) is 0. The maximum atomic E-state index is 13.3. The molecule has 2 unspecified atom stereocenters. The molecule has 0 aromatic carbocycles. The molecule has 0 radical (unpaired) electrons. The van der Waals surface area contributed by atoms with Gasteiger partial charge in [-0.2, -0.15) is 12.6 Å². The first-order valence-corrected chi connectivity index (χ1v) is 11.4. The smallest absolute Gasteiger partial charge is 0.411 e. The van der Waals surface area contributed by atoms with Gasteiger partial charge in [-0.25, -0.2) is 11.4 Å². The van der Waals surface area contributed by atoms with Gasteiger partial charge in [0.25, 0.3) is 0 Å². The lowest BCUT2D eigenvalue weighted by molar-refractivity contribution is -0.138. The van der Waals surface area contributed by atoms with Gasteiger partial charge in [-0.15, -0.1) is 0 Å². The number of nitrogens with zero attached hydrogens (tertiary/aromatic N) is 3. The van der Waals surface area contributed by atoms with E-state index < -0.39 is 17.9 Å². The van der Waals surface area contributed by atoms with Crippen molar-refractivity contribution < 1.29 is 14.3 Å². The number of amides is 2. The fourth-order valence-electron chi connectivity index (χ4n) is 6.63. The van der Waals surface area contributed by atoms with Crippen molar-refractivity contribution in [3.63, 3.8) is 0 Å². The van der Waals surface area contributed by atoms with Crippen LogP contribution in [-0.2, 0) is 9.53 Å². The van der Waals surface area contributed by atoms with E-state index in [-0.39, 0.29) is 22.7 Å². The highest BCUT2D eigenvalue weighted by molar-refractivity contribution is 7.81. The van der Waals surface area contributed by atoms with Crippen molar-refractivity contribution in [1.82, 2.24) is 9.80 Å². The lowest BCUT2D eigenvalue weighted by Crippen LogP contribution is -2.66. The van der Waals surface area contributed by atoms with Crippen LogP contribution in [0.2, 0.25) is 0 Å². The zero-order valence-corrected chi connectivity index (χ0v) is 18.7. The summed E-state index contributed by atoms with van der Waals surface area (Å²) in [4.78, 5) is 33.5. The fourth-order valence-corrected chi connectivity index (χ4v) is 7.44. The predicted molar refractivity (Wildman–Crippen MR) is 113 cm³/mol. The Bertz CT molecular complexity index is 727. The van der Waals surface area contributed by atoms with Crippen LogP contribution in [-0.4, -0.2) is 56.9 Å². The zero-order valence-electron chi connectivity index (χ0n) is 17.8. The number of hydrogen-bond donors (Lipinski definition) is 1. The van der Waals surface area contributed by atoms with E-state index in [1.54, 1.807) is 9.80 Å². The Kier molecular flexibility index (Phi) is 5.08. The SMILES string of the molecule is [C-]#[N+][C@@H]1CCCN1C(=O)CN(C(=O)OC(C)(C)C)C12CC3CC(CC(S)(C3)C1)C2. The highest BCUT2D eigenvalue weighted by Crippen LogP contribution is 2.61. The average Bonchev–Trinajstić information content (AvgIpc) is 3.04. The molecule has 2 amide bonds. The number of carbonyl (C=O) groups is 2. The van der Waals surface area contributed by atoms with Crippen LogP contribution < -0.4 is 0 Å². The standard InChI is InChI=1S/C22H33N3O3S/c1-20(2,3)28-19(27)25(13-18(26)24-7-5-6-17(24)23-4)21-9-15-8-16(10-21)12-22(29,11-15)14-21/h15-17,29H,5-14H2,1-3H3/t15?,16?,17-,21?,22?/m0/s1. The van der Waals surface area contributed by atoms with Gasteiger partial charge in [-0.3, -0.25) is 19.4 Å². The number of carbonyl (C=O) groups excluding carboxylic acids is 2. The number of hydrogen-bond acceptors (Lipinski definition) is 4. The van der Waals surface area contributed by atoms with Crippen molar-refractivity contribution >= 4 is 24.6 Å². The molecule has 6 nitrogen and oxygen atoms in total. The van der Waals surface area contributed by atoms with E-state index in [4.69, 9.17) is 23.9 Å². The van der Waals surface area contributed by atoms with Gasteiger partial charge in [0.05, 0.1) is 0 Å². The van der Waals surface area contributed by atoms with Crippen molar-refractivity contribution in [3.8, 4) is 0 Å². The molecule has 0 aromatic rings. The molecule has 5 aliphatic rings. The lowest BCUT2D eigenvalue weighted by Gasteiger charge is -2.63. The minimum Gasteiger partial charge on any atom is -0.444 e. The van der Waals surface area contributed by atoms with Crippen molar-refractivity contribution in [3.05, 3.63) is 11.4 Å². The zero-order chi connectivity index (χ0) is 21.0. The van der Waals surface area contributed by atoms with Gasteiger partial charge in [0.15, 0.2) is 0 Å². The highest BCUT2D eigenvalue weighted by atomic mass is 32.1. The monoisotopic (exact) mass is 419 g/mol. The van der Waals surface area contributed by atoms with Crippen LogP contribution in [0, 0.1) is 18.4 Å². The average molecular weight is 420 g/mol. The third-order valence-corrected chi connectivity index (χ3v) is 7.69. The molecule has 5 fully saturated rings. The topological polar surface area (TPSA) is 54.2 Å². The summed E-state index contributed by atoms with van der Waals surface area (Å²) in [5.74, 6) is 1.01. The van der Waals surface area contributed by atoms with Gasteiger partial charge in [-0.1, -0.05) is 0 Å². The molecule has 1 aliphatic heterocycles. The Morgan fingerprint density at radius 2 is 1.90 bits per heavy atom. The molecule has 160 valence electrons. The Balaban J connectivity index is 1.62. The molecule has 1 heterocycles. The number of rotatable bonds is 3. The molecule has 29 heavy (non-hydrogen) atoms. The molecule has 7 heteroatoms. The molecule has 4 bridgehead atoms. The van der Waals surface area contributed by atoms with E-state index in [9.17, 15) is 9.59 Å². The van der Waals surface area contributed by atoms with Gasteiger partial charge in [0.2, 0.25) is 5.91 Å². The largest absolute Gasteiger partial charge is 0.444 e. The third-order valence-electron chi connectivity index (χ3n) is 7.17. The molecule has 3 atom stereocenters. The summed E-state index contributed by atoms with van der Waals surface area (Å²) in [6.07, 6.45) is 6.90. The molecule has 0 N–H and O–H groups in total. The normalized spacial score (nSPS) is 38.0. The first kappa shape index (κ1) is 20.8. The first-order chi connectivity index (χ1) is 13.5. The van der Waals surface area contributed by atoms with Crippen LogP contribution in [0.1, 0.15) is 72.1 Å². The van der Waals surface area contributed by atoms with Gasteiger partial charge in [-0.05, 0) is 77.6 Å². The Labute approximate surface area is 179 Å². The van der Waals surface area contributed by atoms with E-state index in [1.165, 1.54) is 6.42 Å². The van der Waals surface area contributed by atoms with Crippen LogP contribution in [0.3, 0.4) is 0 Å². The summed E-state index contributed by atoms with van der Waals surface area (Å²) in [6, 6.07) is 0. The van der Waals surface area contributed by atoms with Crippen molar-refractivity contribution in [2.24, 2.45) is 11.8 Å². The molecular formula is C22H33N3O3S. The maximum Gasteiger partial charge on any atom is 0.411 e. The predicted octanol–water partition coefficient (Wildman–Crippen LogP) is 4.11. The Morgan fingerprint density at radius 3 is 2.45 bits per heavy atom. The molecule has 1 saturated heterocycles. The minimum absolute atomic E-state index is 0.00420. The van der Waals surface area contributed by atoms with Crippen LogP contribution >= 0.6 is 12.6 Å². The summed E-state index contributed by atoms with van der Waals surface area (Å²) < 4.78 is 5.73. The molecule has 4 saturated carbocycles. The molecule has 0 aromatic heterocycles.